The van der Waals surface area contributed by atoms with Gasteiger partial charge >= 0.3 is 0 Å². The van der Waals surface area contributed by atoms with Crippen molar-refractivity contribution in [3.05, 3.63) is 82.0 Å². The monoisotopic (exact) mass is 276 g/mol. The predicted molar refractivity (Wildman–Crippen MR) is 83.8 cm³/mol. The van der Waals surface area contributed by atoms with Gasteiger partial charge in [0, 0.05) is 11.5 Å². The van der Waals surface area contributed by atoms with Gasteiger partial charge in [0.25, 0.3) is 5.69 Å². The number of pyridine rings is 1. The minimum absolute atomic E-state index is 0.0147. The molecule has 3 aromatic rings. The van der Waals surface area contributed by atoms with E-state index in [2.05, 4.69) is 4.98 Å². The van der Waals surface area contributed by atoms with Gasteiger partial charge in [-0.15, -0.1) is 0 Å². The number of rotatable bonds is 3. The van der Waals surface area contributed by atoms with Crippen LogP contribution in [0.5, 0.6) is 0 Å². The van der Waals surface area contributed by atoms with Gasteiger partial charge in [-0.2, -0.15) is 0 Å². The molecule has 0 radical (unpaired) electrons. The maximum atomic E-state index is 11.2. The van der Waals surface area contributed by atoms with E-state index in [0.717, 1.165) is 16.5 Å². The van der Waals surface area contributed by atoms with E-state index in [-0.39, 0.29) is 5.69 Å². The highest BCUT2D eigenvalue weighted by Gasteiger charge is 2.14. The lowest BCUT2D eigenvalue weighted by Gasteiger charge is -2.01. The molecule has 0 saturated heterocycles. The standard InChI is InChI=1S/C17H12N2O2/c20-19(21)17-12-14-8-4-5-9-15(14)18-16(17)11-10-13-6-2-1-3-7-13/h1-12H. The summed E-state index contributed by atoms with van der Waals surface area (Å²) in [5.74, 6) is 0. The highest BCUT2D eigenvalue weighted by molar-refractivity contribution is 5.84. The molecular weight excluding hydrogens is 264 g/mol. The van der Waals surface area contributed by atoms with Crippen LogP contribution < -0.4 is 0 Å². The lowest BCUT2D eigenvalue weighted by atomic mass is 10.1. The topological polar surface area (TPSA) is 56.0 Å². The van der Waals surface area contributed by atoms with Crippen molar-refractivity contribution in [2.24, 2.45) is 0 Å². The Bertz CT molecular complexity index is 827. The van der Waals surface area contributed by atoms with Gasteiger partial charge in [-0.05, 0) is 17.7 Å². The Hall–Kier alpha value is -3.01. The second kappa shape index (κ2) is 5.54. The molecular formula is C17H12N2O2. The van der Waals surface area contributed by atoms with Crippen LogP contribution in [-0.4, -0.2) is 9.91 Å². The van der Waals surface area contributed by atoms with E-state index >= 15 is 0 Å². The molecule has 21 heavy (non-hydrogen) atoms. The maximum Gasteiger partial charge on any atom is 0.295 e. The van der Waals surface area contributed by atoms with Crippen molar-refractivity contribution >= 4 is 28.7 Å². The molecule has 1 aromatic heterocycles. The van der Waals surface area contributed by atoms with E-state index < -0.39 is 4.92 Å². The summed E-state index contributed by atoms with van der Waals surface area (Å²) in [7, 11) is 0. The highest BCUT2D eigenvalue weighted by Crippen LogP contribution is 2.24. The van der Waals surface area contributed by atoms with Gasteiger partial charge in [0.15, 0.2) is 0 Å². The lowest BCUT2D eigenvalue weighted by Crippen LogP contribution is -1.95. The molecule has 0 saturated carbocycles. The fourth-order valence-electron chi connectivity index (χ4n) is 2.13. The zero-order valence-electron chi connectivity index (χ0n) is 11.1. The van der Waals surface area contributed by atoms with E-state index in [1.54, 1.807) is 12.1 Å². The molecule has 0 bridgehead atoms. The summed E-state index contributed by atoms with van der Waals surface area (Å²) in [4.78, 5) is 15.2. The molecule has 0 atom stereocenters. The summed E-state index contributed by atoms with van der Waals surface area (Å²) in [5.41, 5.74) is 2.10. The van der Waals surface area contributed by atoms with Crippen LogP contribution in [-0.2, 0) is 0 Å². The van der Waals surface area contributed by atoms with Gasteiger partial charge in [-0.1, -0.05) is 54.6 Å². The van der Waals surface area contributed by atoms with Crippen molar-refractivity contribution in [3.63, 3.8) is 0 Å². The van der Waals surface area contributed by atoms with Crippen LogP contribution in [0, 0.1) is 10.1 Å². The molecule has 0 aliphatic heterocycles. The molecule has 0 spiro atoms. The SMILES string of the molecule is O=[N+]([O-])c1cc2ccccc2nc1C=Cc1ccccc1. The van der Waals surface area contributed by atoms with Crippen LogP contribution in [0.2, 0.25) is 0 Å². The molecule has 0 unspecified atom stereocenters. The van der Waals surface area contributed by atoms with Crippen molar-refractivity contribution in [1.82, 2.24) is 4.98 Å². The van der Waals surface area contributed by atoms with Crippen LogP contribution in [0.25, 0.3) is 23.1 Å². The number of para-hydroxylation sites is 1. The average Bonchev–Trinajstić information content (AvgIpc) is 2.53. The van der Waals surface area contributed by atoms with Crippen LogP contribution >= 0.6 is 0 Å². The van der Waals surface area contributed by atoms with E-state index in [9.17, 15) is 10.1 Å². The fraction of sp³-hybridized carbons (Fsp3) is 0. The molecule has 0 aliphatic rings. The highest BCUT2D eigenvalue weighted by atomic mass is 16.6. The molecule has 0 aliphatic carbocycles. The summed E-state index contributed by atoms with van der Waals surface area (Å²) >= 11 is 0. The summed E-state index contributed by atoms with van der Waals surface area (Å²) in [6.45, 7) is 0. The van der Waals surface area contributed by atoms with E-state index in [1.807, 2.05) is 60.7 Å². The number of fused-ring (bicyclic) bond motifs is 1. The van der Waals surface area contributed by atoms with Crippen molar-refractivity contribution < 1.29 is 4.92 Å². The largest absolute Gasteiger partial charge is 0.295 e. The molecule has 0 amide bonds. The predicted octanol–water partition coefficient (Wildman–Crippen LogP) is 4.31. The molecule has 2 aromatic carbocycles. The summed E-state index contributed by atoms with van der Waals surface area (Å²) in [6.07, 6.45) is 3.50. The summed E-state index contributed by atoms with van der Waals surface area (Å²) < 4.78 is 0. The lowest BCUT2D eigenvalue weighted by molar-refractivity contribution is -0.385. The Labute approximate surface area is 121 Å². The second-order valence-electron chi connectivity index (χ2n) is 4.59. The number of benzene rings is 2. The Morgan fingerprint density at radius 3 is 2.43 bits per heavy atom. The number of hydrogen-bond acceptors (Lipinski definition) is 3. The fourth-order valence-corrected chi connectivity index (χ4v) is 2.13. The van der Waals surface area contributed by atoms with Gasteiger partial charge in [0.2, 0.25) is 0 Å². The zero-order chi connectivity index (χ0) is 14.7. The zero-order valence-corrected chi connectivity index (χ0v) is 11.1. The number of nitrogens with zero attached hydrogens (tertiary/aromatic N) is 2. The van der Waals surface area contributed by atoms with Crippen molar-refractivity contribution in [2.75, 3.05) is 0 Å². The third kappa shape index (κ3) is 2.79. The summed E-state index contributed by atoms with van der Waals surface area (Å²) in [5, 5.41) is 12.0. The Morgan fingerprint density at radius 2 is 1.67 bits per heavy atom. The van der Waals surface area contributed by atoms with Gasteiger partial charge in [-0.3, -0.25) is 10.1 Å². The first-order valence-electron chi connectivity index (χ1n) is 6.51. The molecule has 4 heteroatoms. The molecule has 0 N–H and O–H groups in total. The smallest absolute Gasteiger partial charge is 0.258 e. The first-order valence-corrected chi connectivity index (χ1v) is 6.51. The van der Waals surface area contributed by atoms with E-state index in [1.165, 1.54) is 0 Å². The Morgan fingerprint density at radius 1 is 0.952 bits per heavy atom. The minimum atomic E-state index is -0.399. The van der Waals surface area contributed by atoms with E-state index in [0.29, 0.717) is 5.69 Å². The third-order valence-electron chi connectivity index (χ3n) is 3.16. The number of hydrogen-bond donors (Lipinski definition) is 0. The summed E-state index contributed by atoms with van der Waals surface area (Å²) in [6, 6.07) is 18.6. The second-order valence-corrected chi connectivity index (χ2v) is 4.59. The average molecular weight is 276 g/mol. The van der Waals surface area contributed by atoms with Gasteiger partial charge < -0.3 is 0 Å². The van der Waals surface area contributed by atoms with Gasteiger partial charge in [0.1, 0.15) is 5.69 Å². The molecule has 102 valence electrons. The van der Waals surface area contributed by atoms with Crippen LogP contribution in [0.15, 0.2) is 60.7 Å². The van der Waals surface area contributed by atoms with Crippen molar-refractivity contribution in [2.45, 2.75) is 0 Å². The van der Waals surface area contributed by atoms with Gasteiger partial charge in [-0.25, -0.2) is 4.98 Å². The third-order valence-corrected chi connectivity index (χ3v) is 3.16. The first-order chi connectivity index (χ1) is 10.2. The number of aromatic nitrogens is 1. The number of nitro groups is 1. The van der Waals surface area contributed by atoms with Crippen LogP contribution in [0.3, 0.4) is 0 Å². The van der Waals surface area contributed by atoms with Crippen molar-refractivity contribution in [1.29, 1.82) is 0 Å². The molecule has 1 heterocycles. The van der Waals surface area contributed by atoms with Gasteiger partial charge in [0.05, 0.1) is 10.4 Å². The normalized spacial score (nSPS) is 11.0. The molecule has 3 rings (SSSR count). The first kappa shape index (κ1) is 13.0. The quantitative estimate of drug-likeness (QED) is 0.529. The Kier molecular flexibility index (Phi) is 3.43. The molecule has 0 fully saturated rings. The minimum Gasteiger partial charge on any atom is -0.258 e. The van der Waals surface area contributed by atoms with E-state index in [4.69, 9.17) is 0 Å². The van der Waals surface area contributed by atoms with Crippen LogP contribution in [0.4, 0.5) is 5.69 Å². The van der Waals surface area contributed by atoms with Crippen molar-refractivity contribution in [3.8, 4) is 0 Å². The Balaban J connectivity index is 2.10. The van der Waals surface area contributed by atoms with Crippen LogP contribution in [0.1, 0.15) is 11.3 Å². The maximum absolute atomic E-state index is 11.2. The molecule has 4 nitrogen and oxygen atoms in total.